The highest BCUT2D eigenvalue weighted by Crippen LogP contribution is 2.45. The Hall–Kier alpha value is -1.96. The molecule has 0 amide bonds. The average molecular weight is 260 g/mol. The van der Waals surface area contributed by atoms with Gasteiger partial charge in [-0.25, -0.2) is 0 Å². The van der Waals surface area contributed by atoms with Gasteiger partial charge >= 0.3 is 0 Å². The number of nitriles is 1. The minimum Gasteiger partial charge on any atom is -0.420 e. The van der Waals surface area contributed by atoms with Crippen LogP contribution in [-0.2, 0) is 5.41 Å². The summed E-state index contributed by atoms with van der Waals surface area (Å²) in [6.07, 6.45) is 0. The summed E-state index contributed by atoms with van der Waals surface area (Å²) in [7, 11) is 0. The van der Waals surface area contributed by atoms with Crippen LogP contribution in [0.2, 0.25) is 0 Å². The van der Waals surface area contributed by atoms with Crippen LogP contribution in [-0.4, -0.2) is 10.2 Å². The number of H-pyrrole nitrogens is 1. The van der Waals surface area contributed by atoms with E-state index in [2.05, 4.69) is 50.9 Å². The third-order valence-electron chi connectivity index (χ3n) is 3.40. The number of hydrogen-bond acceptors (Lipinski definition) is 4. The molecule has 1 atom stereocenters. The van der Waals surface area contributed by atoms with Gasteiger partial charge in [-0.2, -0.15) is 5.26 Å². The number of rotatable bonds is 1. The highest BCUT2D eigenvalue weighted by molar-refractivity contribution is 5.50. The molecule has 0 unspecified atom stereocenters. The lowest BCUT2D eigenvalue weighted by Crippen LogP contribution is -2.25. The van der Waals surface area contributed by atoms with Crippen molar-refractivity contribution in [1.29, 1.82) is 5.26 Å². The quantitative estimate of drug-likeness (QED) is 0.812. The molecular formula is C14H20N4O. The van der Waals surface area contributed by atoms with E-state index in [1.165, 1.54) is 0 Å². The minimum absolute atomic E-state index is 0.0678. The van der Waals surface area contributed by atoms with E-state index in [1.807, 2.05) is 0 Å². The van der Waals surface area contributed by atoms with E-state index in [9.17, 15) is 5.26 Å². The molecule has 2 rings (SSSR count). The van der Waals surface area contributed by atoms with Gasteiger partial charge in [0.2, 0.25) is 11.8 Å². The molecule has 0 bridgehead atoms. The normalized spacial score (nSPS) is 19.1. The van der Waals surface area contributed by atoms with E-state index in [1.54, 1.807) is 0 Å². The van der Waals surface area contributed by atoms with Gasteiger partial charge < -0.3 is 10.5 Å². The topological polar surface area (TPSA) is 87.7 Å². The van der Waals surface area contributed by atoms with E-state index in [4.69, 9.17) is 10.5 Å². The van der Waals surface area contributed by atoms with Crippen LogP contribution in [0.15, 0.2) is 11.5 Å². The van der Waals surface area contributed by atoms with Gasteiger partial charge in [0.05, 0.1) is 5.57 Å². The molecule has 5 heteroatoms. The number of allylic oxidation sites excluding steroid dienone is 1. The molecule has 1 aromatic heterocycles. The molecule has 0 radical (unpaired) electrons. The molecule has 0 fully saturated rings. The molecule has 0 aliphatic carbocycles. The lowest BCUT2D eigenvalue weighted by molar-refractivity contribution is 0.358. The number of aromatic amines is 1. The summed E-state index contributed by atoms with van der Waals surface area (Å²) < 4.78 is 5.48. The lowest BCUT2D eigenvalue weighted by atomic mass is 9.77. The predicted octanol–water partition coefficient (Wildman–Crippen LogP) is 2.53. The van der Waals surface area contributed by atoms with Crippen molar-refractivity contribution in [3.63, 3.8) is 0 Å². The highest BCUT2D eigenvalue weighted by atomic mass is 16.5. The van der Waals surface area contributed by atoms with E-state index in [0.717, 1.165) is 11.3 Å². The van der Waals surface area contributed by atoms with Crippen LogP contribution in [0.5, 0.6) is 5.88 Å². The van der Waals surface area contributed by atoms with Gasteiger partial charge in [0.15, 0.2) is 0 Å². The molecule has 0 saturated heterocycles. The summed E-state index contributed by atoms with van der Waals surface area (Å²) in [6.45, 7) is 10.5. The van der Waals surface area contributed by atoms with E-state index < -0.39 is 0 Å². The lowest BCUT2D eigenvalue weighted by Gasteiger charge is -2.29. The van der Waals surface area contributed by atoms with Crippen molar-refractivity contribution in [3.8, 4) is 11.9 Å². The van der Waals surface area contributed by atoms with Gasteiger partial charge in [-0.3, -0.25) is 5.10 Å². The summed E-state index contributed by atoms with van der Waals surface area (Å²) in [5, 5.41) is 16.6. The largest absolute Gasteiger partial charge is 0.420 e. The zero-order chi connectivity index (χ0) is 14.4. The molecule has 0 aromatic carbocycles. The Morgan fingerprint density at radius 1 is 1.42 bits per heavy atom. The first-order valence-corrected chi connectivity index (χ1v) is 6.43. The first-order valence-electron chi connectivity index (χ1n) is 6.43. The standard InChI is InChI=1S/C14H20N4O/c1-7(2)9-8(6-15)12(16)19-13-10(9)11(17-18-13)14(3,4)5/h7,9H,16H2,1-5H3,(H,17,18)/t9-/m0/s1. The van der Waals surface area contributed by atoms with Gasteiger partial charge in [-0.15, -0.1) is 5.10 Å². The van der Waals surface area contributed by atoms with Crippen LogP contribution in [0.1, 0.15) is 51.8 Å². The maximum absolute atomic E-state index is 9.34. The van der Waals surface area contributed by atoms with Crippen LogP contribution in [0.3, 0.4) is 0 Å². The first kappa shape index (κ1) is 13.5. The fraction of sp³-hybridized carbons (Fsp3) is 0.571. The van der Waals surface area contributed by atoms with E-state index in [-0.39, 0.29) is 23.1 Å². The molecule has 19 heavy (non-hydrogen) atoms. The van der Waals surface area contributed by atoms with Crippen molar-refractivity contribution < 1.29 is 4.74 Å². The maximum atomic E-state index is 9.34. The molecule has 2 heterocycles. The maximum Gasteiger partial charge on any atom is 0.243 e. The van der Waals surface area contributed by atoms with Crippen molar-refractivity contribution in [3.05, 3.63) is 22.7 Å². The predicted molar refractivity (Wildman–Crippen MR) is 72.3 cm³/mol. The number of aromatic nitrogens is 2. The number of ether oxygens (including phenoxy) is 1. The fourth-order valence-electron chi connectivity index (χ4n) is 2.52. The molecular weight excluding hydrogens is 240 g/mol. The monoisotopic (exact) mass is 260 g/mol. The van der Waals surface area contributed by atoms with Gasteiger partial charge in [0, 0.05) is 22.6 Å². The Morgan fingerprint density at radius 3 is 2.53 bits per heavy atom. The van der Waals surface area contributed by atoms with Crippen LogP contribution >= 0.6 is 0 Å². The first-order chi connectivity index (χ1) is 8.77. The Morgan fingerprint density at radius 2 is 2.05 bits per heavy atom. The Balaban J connectivity index is 2.66. The molecule has 5 nitrogen and oxygen atoms in total. The van der Waals surface area contributed by atoms with Crippen LogP contribution in [0.25, 0.3) is 0 Å². The molecule has 3 N–H and O–H groups in total. The molecule has 1 aromatic rings. The van der Waals surface area contributed by atoms with Crippen LogP contribution < -0.4 is 10.5 Å². The summed E-state index contributed by atoms with van der Waals surface area (Å²) in [5.41, 5.74) is 8.20. The number of hydrogen-bond donors (Lipinski definition) is 2. The van der Waals surface area contributed by atoms with Crippen molar-refractivity contribution in [1.82, 2.24) is 10.2 Å². The third kappa shape index (κ3) is 2.07. The molecule has 1 aliphatic heterocycles. The summed E-state index contributed by atoms with van der Waals surface area (Å²) in [5.74, 6) is 0.844. The second kappa shape index (κ2) is 4.30. The fourth-order valence-corrected chi connectivity index (χ4v) is 2.52. The van der Waals surface area contributed by atoms with Crippen LogP contribution in [0.4, 0.5) is 0 Å². The number of fused-ring (bicyclic) bond motifs is 1. The summed E-state index contributed by atoms with van der Waals surface area (Å²) in [6, 6.07) is 2.18. The smallest absolute Gasteiger partial charge is 0.243 e. The van der Waals surface area contributed by atoms with Gasteiger partial charge in [-0.05, 0) is 5.92 Å². The number of nitrogens with zero attached hydrogens (tertiary/aromatic N) is 2. The minimum atomic E-state index is -0.0935. The highest BCUT2D eigenvalue weighted by Gasteiger charge is 2.38. The van der Waals surface area contributed by atoms with Crippen molar-refractivity contribution in [2.24, 2.45) is 11.7 Å². The molecule has 1 aliphatic rings. The zero-order valence-corrected chi connectivity index (χ0v) is 12.0. The number of nitrogens with two attached hydrogens (primary N) is 1. The van der Waals surface area contributed by atoms with Crippen molar-refractivity contribution in [2.45, 2.75) is 46.0 Å². The molecule has 0 spiro atoms. The number of nitrogens with one attached hydrogen (secondary N) is 1. The average Bonchev–Trinajstić information content (AvgIpc) is 2.69. The van der Waals surface area contributed by atoms with Gasteiger partial charge in [0.25, 0.3) is 0 Å². The van der Waals surface area contributed by atoms with Gasteiger partial charge in [-0.1, -0.05) is 34.6 Å². The SMILES string of the molecule is CC(C)[C@H]1C(C#N)=C(N)Oc2n[nH]c(C(C)(C)C)c21. The third-order valence-corrected chi connectivity index (χ3v) is 3.40. The Kier molecular flexibility index (Phi) is 3.05. The van der Waals surface area contributed by atoms with E-state index in [0.29, 0.717) is 11.5 Å². The van der Waals surface area contributed by atoms with Crippen molar-refractivity contribution in [2.75, 3.05) is 0 Å². The second-order valence-electron chi connectivity index (χ2n) is 6.28. The second-order valence-corrected chi connectivity index (χ2v) is 6.28. The Labute approximate surface area is 113 Å². The van der Waals surface area contributed by atoms with Crippen molar-refractivity contribution >= 4 is 0 Å². The van der Waals surface area contributed by atoms with E-state index >= 15 is 0 Å². The molecule has 102 valence electrons. The zero-order valence-electron chi connectivity index (χ0n) is 12.0. The summed E-state index contributed by atoms with van der Waals surface area (Å²) >= 11 is 0. The Bertz CT molecular complexity index is 569. The van der Waals surface area contributed by atoms with Crippen LogP contribution in [0, 0.1) is 17.2 Å². The van der Waals surface area contributed by atoms with Gasteiger partial charge in [0.1, 0.15) is 6.07 Å². The molecule has 0 saturated carbocycles. The summed E-state index contributed by atoms with van der Waals surface area (Å²) in [4.78, 5) is 0.